The summed E-state index contributed by atoms with van der Waals surface area (Å²) in [6, 6.07) is 6.33. The first-order valence-corrected chi connectivity index (χ1v) is 9.90. The average molecular weight is 325 g/mol. The molecule has 3 heteroatoms. The van der Waals surface area contributed by atoms with E-state index in [1.807, 2.05) is 12.1 Å². The van der Waals surface area contributed by atoms with E-state index >= 15 is 0 Å². The molecule has 3 unspecified atom stereocenters. The molecule has 1 aromatic rings. The lowest BCUT2D eigenvalue weighted by Crippen LogP contribution is -2.75. The third kappa shape index (κ3) is 1.34. The van der Waals surface area contributed by atoms with Gasteiger partial charge in [0, 0.05) is 23.9 Å². The number of aliphatic hydroxyl groups is 1. The van der Waals surface area contributed by atoms with Crippen molar-refractivity contribution in [3.8, 4) is 5.75 Å². The summed E-state index contributed by atoms with van der Waals surface area (Å²) >= 11 is 0. The Hall–Kier alpha value is -1.06. The number of hydrogen-bond acceptors (Lipinski definition) is 3. The minimum absolute atomic E-state index is 0.0989. The van der Waals surface area contributed by atoms with Crippen LogP contribution in [-0.4, -0.2) is 39.8 Å². The fourth-order valence-corrected chi connectivity index (χ4v) is 7.47. The van der Waals surface area contributed by atoms with E-state index in [4.69, 9.17) is 0 Å². The van der Waals surface area contributed by atoms with Crippen molar-refractivity contribution in [2.24, 2.45) is 5.92 Å². The van der Waals surface area contributed by atoms with Gasteiger partial charge in [-0.15, -0.1) is 0 Å². The molecular formula is C21H27NO2. The highest BCUT2D eigenvalue weighted by atomic mass is 16.3. The summed E-state index contributed by atoms with van der Waals surface area (Å²) in [6.07, 6.45) is 9.66. The van der Waals surface area contributed by atoms with E-state index in [2.05, 4.69) is 11.0 Å². The first-order chi connectivity index (χ1) is 11.6. The summed E-state index contributed by atoms with van der Waals surface area (Å²) in [5.41, 5.74) is 2.21. The number of likely N-dealkylation sites (tertiary alicyclic amines) is 1. The fraction of sp³-hybridized carbons (Fsp3) is 0.714. The third-order valence-corrected chi connectivity index (χ3v) is 8.46. The van der Waals surface area contributed by atoms with Gasteiger partial charge in [-0.3, -0.25) is 4.90 Å². The molecule has 1 heterocycles. The molecule has 128 valence electrons. The van der Waals surface area contributed by atoms with Crippen LogP contribution in [0.1, 0.15) is 62.5 Å². The highest BCUT2D eigenvalue weighted by molar-refractivity contribution is 5.60. The van der Waals surface area contributed by atoms with Crippen LogP contribution in [0.4, 0.5) is 0 Å². The zero-order valence-corrected chi connectivity index (χ0v) is 14.3. The van der Waals surface area contributed by atoms with Gasteiger partial charge in [0.05, 0.1) is 11.6 Å². The van der Waals surface area contributed by atoms with Gasteiger partial charge in [-0.25, -0.2) is 0 Å². The van der Waals surface area contributed by atoms with Gasteiger partial charge < -0.3 is 10.2 Å². The molecule has 1 saturated heterocycles. The molecule has 3 nitrogen and oxygen atoms in total. The largest absolute Gasteiger partial charge is 0.508 e. The van der Waals surface area contributed by atoms with Gasteiger partial charge in [0.15, 0.2) is 0 Å². The van der Waals surface area contributed by atoms with Crippen LogP contribution in [0.2, 0.25) is 0 Å². The van der Waals surface area contributed by atoms with Crippen molar-refractivity contribution in [2.75, 3.05) is 13.1 Å². The third-order valence-electron chi connectivity index (χ3n) is 8.46. The first-order valence-electron chi connectivity index (χ1n) is 9.90. The number of phenolic OH excluding ortho intramolecular Hbond substituents is 1. The molecule has 4 atom stereocenters. The Kier molecular flexibility index (Phi) is 2.47. The van der Waals surface area contributed by atoms with Crippen molar-refractivity contribution in [1.29, 1.82) is 0 Å². The lowest BCUT2D eigenvalue weighted by atomic mass is 9.55. The summed E-state index contributed by atoms with van der Waals surface area (Å²) in [5, 5.41) is 22.0. The van der Waals surface area contributed by atoms with E-state index in [1.165, 1.54) is 43.4 Å². The van der Waals surface area contributed by atoms with Gasteiger partial charge in [-0.1, -0.05) is 25.3 Å². The Morgan fingerprint density at radius 2 is 1.92 bits per heavy atom. The molecule has 1 aromatic carbocycles. The molecule has 4 aliphatic carbocycles. The zero-order valence-electron chi connectivity index (χ0n) is 14.3. The summed E-state index contributed by atoms with van der Waals surface area (Å²) in [6.45, 7) is 2.31. The van der Waals surface area contributed by atoms with Crippen molar-refractivity contribution in [1.82, 2.24) is 4.90 Å². The molecule has 3 saturated carbocycles. The number of benzene rings is 1. The summed E-state index contributed by atoms with van der Waals surface area (Å²) in [4.78, 5) is 2.63. The molecule has 6 rings (SSSR count). The molecule has 2 spiro atoms. The fourth-order valence-electron chi connectivity index (χ4n) is 7.47. The van der Waals surface area contributed by atoms with Gasteiger partial charge >= 0.3 is 0 Å². The van der Waals surface area contributed by atoms with Crippen LogP contribution in [-0.2, 0) is 10.8 Å². The molecule has 24 heavy (non-hydrogen) atoms. The van der Waals surface area contributed by atoms with E-state index in [1.54, 1.807) is 0 Å². The van der Waals surface area contributed by atoms with Crippen LogP contribution >= 0.6 is 0 Å². The molecule has 5 aliphatic rings. The standard InChI is InChI=1S/C21H27NO2/c23-15-6-7-16-17(10-15)20-8-1-2-9-21(20,24)18-19(16,12-20)13-22(18)11-14-4-3-5-14/h6-7,10,14,18,23-24H,1-5,8-9,11-13H2/t18?,19?,20-,21?/m0/s1. The summed E-state index contributed by atoms with van der Waals surface area (Å²) in [7, 11) is 0. The molecule has 0 radical (unpaired) electrons. The van der Waals surface area contributed by atoms with Gasteiger partial charge in [0.2, 0.25) is 0 Å². The first kappa shape index (κ1) is 14.1. The van der Waals surface area contributed by atoms with Crippen LogP contribution < -0.4 is 0 Å². The number of phenols is 1. The maximum Gasteiger partial charge on any atom is 0.115 e. The van der Waals surface area contributed by atoms with Gasteiger partial charge in [0.1, 0.15) is 5.75 Å². The van der Waals surface area contributed by atoms with E-state index in [0.717, 1.165) is 38.1 Å². The molecule has 2 bridgehead atoms. The second-order valence-corrected chi connectivity index (χ2v) is 9.41. The normalized spacial score (nSPS) is 46.0. The molecule has 1 aliphatic heterocycles. The maximum atomic E-state index is 12.0. The van der Waals surface area contributed by atoms with Gasteiger partial charge in [-0.2, -0.15) is 0 Å². The van der Waals surface area contributed by atoms with Crippen molar-refractivity contribution in [3.63, 3.8) is 0 Å². The Labute approximate surface area is 143 Å². The average Bonchev–Trinajstić information content (AvgIpc) is 2.87. The van der Waals surface area contributed by atoms with Crippen molar-refractivity contribution < 1.29 is 10.2 Å². The molecule has 0 aromatic heterocycles. The van der Waals surface area contributed by atoms with E-state index in [9.17, 15) is 10.2 Å². The minimum atomic E-state index is -0.575. The summed E-state index contributed by atoms with van der Waals surface area (Å²) in [5.74, 6) is 1.23. The topological polar surface area (TPSA) is 43.7 Å². The lowest BCUT2D eigenvalue weighted by molar-refractivity contribution is -0.151. The van der Waals surface area contributed by atoms with Crippen LogP contribution in [0.25, 0.3) is 0 Å². The Balaban J connectivity index is 1.49. The van der Waals surface area contributed by atoms with Crippen molar-refractivity contribution in [3.05, 3.63) is 29.3 Å². The molecular weight excluding hydrogens is 298 g/mol. The predicted molar refractivity (Wildman–Crippen MR) is 92.2 cm³/mol. The quantitative estimate of drug-likeness (QED) is 0.878. The van der Waals surface area contributed by atoms with E-state index in [0.29, 0.717) is 11.8 Å². The van der Waals surface area contributed by atoms with Crippen LogP contribution in [0, 0.1) is 5.92 Å². The monoisotopic (exact) mass is 325 g/mol. The Morgan fingerprint density at radius 3 is 2.71 bits per heavy atom. The molecule has 4 fully saturated rings. The van der Waals surface area contributed by atoms with Gasteiger partial charge in [-0.05, 0) is 61.3 Å². The smallest absolute Gasteiger partial charge is 0.115 e. The van der Waals surface area contributed by atoms with Crippen LogP contribution in [0.5, 0.6) is 5.75 Å². The molecule has 0 amide bonds. The number of hydrogen-bond donors (Lipinski definition) is 2. The predicted octanol–water partition coefficient (Wildman–Crippen LogP) is 3.07. The van der Waals surface area contributed by atoms with Crippen molar-refractivity contribution in [2.45, 2.75) is 73.8 Å². The van der Waals surface area contributed by atoms with Gasteiger partial charge in [0.25, 0.3) is 0 Å². The number of rotatable bonds is 2. The maximum absolute atomic E-state index is 12.0. The Morgan fingerprint density at radius 1 is 1.08 bits per heavy atom. The highest BCUT2D eigenvalue weighted by Crippen LogP contribution is 2.74. The van der Waals surface area contributed by atoms with Crippen molar-refractivity contribution >= 4 is 0 Å². The van der Waals surface area contributed by atoms with E-state index in [-0.39, 0.29) is 10.8 Å². The molecule has 2 N–H and O–H groups in total. The number of nitrogens with zero attached hydrogens (tertiary/aromatic N) is 1. The lowest BCUT2D eigenvalue weighted by Gasteiger charge is -2.63. The minimum Gasteiger partial charge on any atom is -0.508 e. The van der Waals surface area contributed by atoms with Crippen LogP contribution in [0.3, 0.4) is 0 Å². The number of aromatic hydroxyl groups is 1. The second-order valence-electron chi connectivity index (χ2n) is 9.41. The van der Waals surface area contributed by atoms with Crippen LogP contribution in [0.15, 0.2) is 18.2 Å². The zero-order chi connectivity index (χ0) is 16.2. The SMILES string of the molecule is Oc1ccc2c(c1)[C@@]13CCCCC1(O)C1N(CC4CCC4)CC21C3. The summed E-state index contributed by atoms with van der Waals surface area (Å²) < 4.78 is 0. The Bertz CT molecular complexity index is 729. The highest BCUT2D eigenvalue weighted by Gasteiger charge is 2.80. The number of fused-ring (bicyclic) bond motifs is 2. The second kappa shape index (κ2) is 4.19. The van der Waals surface area contributed by atoms with E-state index < -0.39 is 5.60 Å².